The van der Waals surface area contributed by atoms with Crippen molar-refractivity contribution in [1.29, 1.82) is 0 Å². The van der Waals surface area contributed by atoms with E-state index in [1.54, 1.807) is 24.3 Å². The SMILES string of the molecule is CO/N=C(/C(=O)NS(C)=O)c1ccccc1Oc1ncns1. The summed E-state index contributed by atoms with van der Waals surface area (Å²) in [5.41, 5.74) is 0.320. The Balaban J connectivity index is 2.37. The van der Waals surface area contributed by atoms with Crippen LogP contribution >= 0.6 is 11.5 Å². The van der Waals surface area contributed by atoms with Crippen LogP contribution in [0.3, 0.4) is 0 Å². The lowest BCUT2D eigenvalue weighted by atomic mass is 10.1. The van der Waals surface area contributed by atoms with Crippen molar-refractivity contribution in [3.05, 3.63) is 36.2 Å². The largest absolute Gasteiger partial charge is 0.429 e. The van der Waals surface area contributed by atoms with Crippen LogP contribution in [-0.4, -0.2) is 38.6 Å². The van der Waals surface area contributed by atoms with Crippen LogP contribution in [0.2, 0.25) is 0 Å². The number of ether oxygens (including phenoxy) is 1. The molecule has 0 aliphatic carbocycles. The fourth-order valence-corrected chi connectivity index (χ4v) is 2.30. The summed E-state index contributed by atoms with van der Waals surface area (Å²) >= 11 is 1.07. The minimum absolute atomic E-state index is 0.0576. The molecule has 1 aromatic carbocycles. The molecule has 2 aromatic rings. The molecule has 0 saturated carbocycles. The Morgan fingerprint density at radius 2 is 2.18 bits per heavy atom. The molecule has 1 amide bonds. The number of amides is 1. The van der Waals surface area contributed by atoms with Crippen LogP contribution in [0.25, 0.3) is 0 Å². The van der Waals surface area contributed by atoms with Crippen LogP contribution in [0.1, 0.15) is 5.56 Å². The summed E-state index contributed by atoms with van der Waals surface area (Å²) in [5.74, 6) is -0.289. The zero-order chi connectivity index (χ0) is 15.9. The summed E-state index contributed by atoms with van der Waals surface area (Å²) in [6.07, 6.45) is 2.70. The molecule has 0 fully saturated rings. The van der Waals surface area contributed by atoms with Crippen LogP contribution in [0, 0.1) is 0 Å². The summed E-state index contributed by atoms with van der Waals surface area (Å²) in [6.45, 7) is 0. The number of aromatic nitrogens is 2. The molecule has 22 heavy (non-hydrogen) atoms. The zero-order valence-electron chi connectivity index (χ0n) is 11.7. The van der Waals surface area contributed by atoms with Crippen molar-refractivity contribution in [2.75, 3.05) is 13.4 Å². The highest BCUT2D eigenvalue weighted by molar-refractivity contribution is 7.83. The maximum Gasteiger partial charge on any atom is 0.298 e. The van der Waals surface area contributed by atoms with Crippen molar-refractivity contribution in [1.82, 2.24) is 14.1 Å². The minimum Gasteiger partial charge on any atom is -0.429 e. The molecular formula is C12H12N4O4S2. The Labute approximate surface area is 132 Å². The molecule has 0 aliphatic heterocycles. The third kappa shape index (κ3) is 4.09. The van der Waals surface area contributed by atoms with E-state index in [9.17, 15) is 9.00 Å². The van der Waals surface area contributed by atoms with Crippen LogP contribution in [-0.2, 0) is 20.6 Å². The lowest BCUT2D eigenvalue weighted by Crippen LogP contribution is -2.33. The molecule has 0 bridgehead atoms. The van der Waals surface area contributed by atoms with Gasteiger partial charge in [0, 0.05) is 17.8 Å². The molecular weight excluding hydrogens is 328 g/mol. The van der Waals surface area contributed by atoms with E-state index in [0.29, 0.717) is 16.5 Å². The maximum absolute atomic E-state index is 12.1. The first-order valence-electron chi connectivity index (χ1n) is 5.91. The molecule has 0 radical (unpaired) electrons. The Bertz CT molecular complexity index is 703. The van der Waals surface area contributed by atoms with Crippen molar-refractivity contribution in [2.45, 2.75) is 0 Å². The van der Waals surface area contributed by atoms with Crippen LogP contribution < -0.4 is 9.46 Å². The number of nitrogens with zero attached hydrogens (tertiary/aromatic N) is 3. The average Bonchev–Trinajstić information content (AvgIpc) is 2.98. The molecule has 1 heterocycles. The molecule has 1 N–H and O–H groups in total. The van der Waals surface area contributed by atoms with Gasteiger partial charge in [0.15, 0.2) is 5.71 Å². The highest BCUT2D eigenvalue weighted by atomic mass is 32.2. The van der Waals surface area contributed by atoms with E-state index in [-0.39, 0.29) is 5.71 Å². The number of oxime groups is 1. The van der Waals surface area contributed by atoms with Crippen molar-refractivity contribution in [2.24, 2.45) is 5.16 Å². The second-order valence-corrected chi connectivity index (χ2v) is 5.67. The molecule has 0 spiro atoms. The summed E-state index contributed by atoms with van der Waals surface area (Å²) in [5, 5.41) is 4.02. The van der Waals surface area contributed by atoms with Crippen molar-refractivity contribution < 1.29 is 18.6 Å². The first-order chi connectivity index (χ1) is 10.6. The molecule has 2 rings (SSSR count). The van der Waals surface area contributed by atoms with E-state index in [1.807, 2.05) is 0 Å². The predicted octanol–water partition coefficient (Wildman–Crippen LogP) is 1.09. The van der Waals surface area contributed by atoms with Crippen LogP contribution in [0.5, 0.6) is 10.9 Å². The maximum atomic E-state index is 12.1. The van der Waals surface area contributed by atoms with Crippen molar-refractivity contribution in [3.63, 3.8) is 0 Å². The number of benzene rings is 1. The van der Waals surface area contributed by atoms with Gasteiger partial charge in [0.05, 0.1) is 5.56 Å². The van der Waals surface area contributed by atoms with Gasteiger partial charge in [0.2, 0.25) is 0 Å². The average molecular weight is 340 g/mol. The lowest BCUT2D eigenvalue weighted by Gasteiger charge is -2.10. The first kappa shape index (κ1) is 16.0. The normalized spacial score (nSPS) is 12.5. The summed E-state index contributed by atoms with van der Waals surface area (Å²) < 4.78 is 22.8. The molecule has 1 aromatic heterocycles. The molecule has 8 nitrogen and oxygen atoms in total. The van der Waals surface area contributed by atoms with E-state index in [2.05, 4.69) is 19.2 Å². The first-order valence-corrected chi connectivity index (χ1v) is 8.24. The van der Waals surface area contributed by atoms with Crippen LogP contribution in [0.15, 0.2) is 35.7 Å². The summed E-state index contributed by atoms with van der Waals surface area (Å²) in [6, 6.07) is 6.73. The number of hydrogen-bond acceptors (Lipinski definition) is 8. The Kier molecular flexibility index (Phi) is 5.55. The smallest absolute Gasteiger partial charge is 0.298 e. The fourth-order valence-electron chi connectivity index (χ4n) is 1.54. The lowest BCUT2D eigenvalue weighted by molar-refractivity contribution is -0.113. The second kappa shape index (κ2) is 7.61. The van der Waals surface area contributed by atoms with Crippen molar-refractivity contribution in [3.8, 4) is 10.9 Å². The summed E-state index contributed by atoms with van der Waals surface area (Å²) in [7, 11) is -0.219. The Hall–Kier alpha value is -2.33. The van der Waals surface area contributed by atoms with E-state index >= 15 is 0 Å². The number of nitrogens with one attached hydrogen (secondary N) is 1. The highest BCUT2D eigenvalue weighted by Gasteiger charge is 2.21. The van der Waals surface area contributed by atoms with E-state index in [0.717, 1.165) is 11.5 Å². The van der Waals surface area contributed by atoms with Gasteiger partial charge < -0.3 is 9.57 Å². The molecule has 1 atom stereocenters. The third-order valence-electron chi connectivity index (χ3n) is 2.31. The minimum atomic E-state index is -1.53. The van der Waals surface area contributed by atoms with E-state index < -0.39 is 16.9 Å². The number of para-hydroxylation sites is 1. The topological polar surface area (TPSA) is 103 Å². The number of carbonyl (C=O) groups excluding carboxylic acids is 1. The van der Waals surface area contributed by atoms with Gasteiger partial charge in [-0.3, -0.25) is 9.52 Å². The van der Waals surface area contributed by atoms with Gasteiger partial charge in [0.1, 0.15) is 30.2 Å². The Morgan fingerprint density at radius 3 is 2.82 bits per heavy atom. The van der Waals surface area contributed by atoms with Gasteiger partial charge in [-0.15, -0.1) is 0 Å². The molecule has 0 aliphatic rings. The van der Waals surface area contributed by atoms with Gasteiger partial charge in [-0.1, -0.05) is 17.3 Å². The van der Waals surface area contributed by atoms with Gasteiger partial charge in [-0.2, -0.15) is 9.36 Å². The number of rotatable bonds is 6. The van der Waals surface area contributed by atoms with Gasteiger partial charge >= 0.3 is 0 Å². The van der Waals surface area contributed by atoms with Crippen molar-refractivity contribution >= 4 is 34.1 Å². The van der Waals surface area contributed by atoms with Gasteiger partial charge in [-0.05, 0) is 12.1 Å². The standard InChI is InChI=1S/C12H12N4O4S2/c1-19-15-10(11(17)16-22(2)18)8-5-3-4-6-9(8)20-12-13-7-14-21-12/h3-7H,1-2H3,(H,16,17)/b15-10+. The fraction of sp³-hybridized carbons (Fsp3) is 0.167. The highest BCUT2D eigenvalue weighted by Crippen LogP contribution is 2.26. The third-order valence-corrected chi connectivity index (χ3v) is 3.33. The van der Waals surface area contributed by atoms with E-state index in [4.69, 9.17) is 9.57 Å². The van der Waals surface area contributed by atoms with E-state index in [1.165, 1.54) is 19.7 Å². The monoisotopic (exact) mass is 340 g/mol. The molecule has 116 valence electrons. The molecule has 10 heteroatoms. The summed E-state index contributed by atoms with van der Waals surface area (Å²) in [4.78, 5) is 20.7. The van der Waals surface area contributed by atoms with Crippen LogP contribution in [0.4, 0.5) is 0 Å². The quantitative estimate of drug-likeness (QED) is 0.624. The Morgan fingerprint density at radius 1 is 1.41 bits per heavy atom. The number of carbonyl (C=O) groups is 1. The van der Waals surface area contributed by atoms with Gasteiger partial charge in [0.25, 0.3) is 11.1 Å². The second-order valence-electron chi connectivity index (χ2n) is 3.81. The zero-order valence-corrected chi connectivity index (χ0v) is 13.3. The number of hydrogen-bond donors (Lipinski definition) is 1. The molecule has 1 unspecified atom stereocenters. The molecule has 0 saturated heterocycles. The van der Waals surface area contributed by atoms with Gasteiger partial charge in [-0.25, -0.2) is 4.21 Å². The predicted molar refractivity (Wildman–Crippen MR) is 82.2 cm³/mol.